The van der Waals surface area contributed by atoms with E-state index in [0.717, 1.165) is 19.3 Å². The lowest BCUT2D eigenvalue weighted by Gasteiger charge is -2.39. The first kappa shape index (κ1) is 35.4. The summed E-state index contributed by atoms with van der Waals surface area (Å²) < 4.78 is 0. The van der Waals surface area contributed by atoms with Crippen LogP contribution in [-0.4, -0.2) is 8.07 Å². The van der Waals surface area contributed by atoms with Gasteiger partial charge in [-0.25, -0.2) is 0 Å². The number of benzene rings is 6. The van der Waals surface area contributed by atoms with Gasteiger partial charge in [-0.1, -0.05) is 186 Å². The van der Waals surface area contributed by atoms with Gasteiger partial charge in [0.2, 0.25) is 0 Å². The summed E-state index contributed by atoms with van der Waals surface area (Å²) in [7, 11) is -2.84. The van der Waals surface area contributed by atoms with Crippen LogP contribution in [0.5, 0.6) is 0 Å². The zero-order chi connectivity index (χ0) is 36.4. The highest BCUT2D eigenvalue weighted by Gasteiger charge is 2.48. The third-order valence-corrected chi connectivity index (χ3v) is 16.9. The molecule has 0 amide bonds. The summed E-state index contributed by atoms with van der Waals surface area (Å²) in [5.41, 5.74) is 16.5. The lowest BCUT2D eigenvalue weighted by molar-refractivity contribution is 0.851. The molecule has 0 fully saturated rings. The van der Waals surface area contributed by atoms with E-state index in [0.29, 0.717) is 5.92 Å². The second kappa shape index (κ2) is 14.9. The molecule has 0 spiro atoms. The average Bonchev–Trinajstić information content (AvgIpc) is 3.34. The van der Waals surface area contributed by atoms with E-state index in [9.17, 15) is 0 Å². The maximum Gasteiger partial charge on any atom is 0.176 e. The van der Waals surface area contributed by atoms with Gasteiger partial charge in [-0.15, -0.1) is 0 Å². The third kappa shape index (κ3) is 7.08. The van der Waals surface area contributed by atoms with Crippen LogP contribution in [0.4, 0.5) is 0 Å². The Morgan fingerprint density at radius 3 is 1.00 bits per heavy atom. The van der Waals surface area contributed by atoms with E-state index >= 15 is 0 Å². The number of hydrogen-bond donors (Lipinski definition) is 0. The molecule has 52 heavy (non-hydrogen) atoms. The van der Waals surface area contributed by atoms with Crippen LogP contribution >= 0.6 is 0 Å². The molecule has 1 aliphatic carbocycles. The Hall–Kier alpha value is -4.98. The smallest absolute Gasteiger partial charge is 0.0636 e. The first-order chi connectivity index (χ1) is 25.1. The van der Waals surface area contributed by atoms with Crippen molar-refractivity contribution < 1.29 is 0 Å². The minimum absolute atomic E-state index is 0.355. The van der Waals surface area contributed by atoms with Gasteiger partial charge >= 0.3 is 0 Å². The normalized spacial score (nSPS) is 14.7. The maximum absolute atomic E-state index is 2.84. The second-order valence-electron chi connectivity index (χ2n) is 15.4. The first-order valence-electron chi connectivity index (χ1n) is 19.0. The standard InChI is InChI=1S/C51H52Si/c1-35-17-23-42(24-18-35)29-45-11-8-14-48(32-45)52(51-40(6)38(4)39(5)41(51)7,49-15-9-12-46(33-49)30-43-25-19-36(2)20-26-43)50-16-10-13-47(34-50)31-44-27-21-37(3)22-28-44/h8-28,32-34,40H,29-31H2,1-7H3. The highest BCUT2D eigenvalue weighted by molar-refractivity contribution is 7.16. The molecule has 260 valence electrons. The molecule has 0 radical (unpaired) electrons. The summed E-state index contributed by atoms with van der Waals surface area (Å²) in [4.78, 5) is 0. The Kier molecular flexibility index (Phi) is 10.2. The Morgan fingerprint density at radius 1 is 0.385 bits per heavy atom. The highest BCUT2D eigenvalue weighted by Crippen LogP contribution is 2.41. The van der Waals surface area contributed by atoms with Crippen LogP contribution in [-0.2, 0) is 19.3 Å². The van der Waals surface area contributed by atoms with E-state index in [-0.39, 0.29) is 0 Å². The minimum atomic E-state index is -2.84. The first-order valence-corrected chi connectivity index (χ1v) is 21.0. The highest BCUT2D eigenvalue weighted by atomic mass is 28.3. The Balaban J connectivity index is 1.47. The summed E-state index contributed by atoms with van der Waals surface area (Å²) in [6.45, 7) is 16.1. The van der Waals surface area contributed by atoms with Crippen LogP contribution in [0.3, 0.4) is 0 Å². The van der Waals surface area contributed by atoms with E-state index < -0.39 is 8.07 Å². The fraction of sp³-hybridized carbons (Fsp3) is 0.216. The Labute approximate surface area is 313 Å². The number of hydrogen-bond acceptors (Lipinski definition) is 0. The van der Waals surface area contributed by atoms with Crippen LogP contribution < -0.4 is 15.6 Å². The largest absolute Gasteiger partial charge is 0.176 e. The summed E-state index contributed by atoms with van der Waals surface area (Å²) in [5, 5.41) is 6.05. The summed E-state index contributed by atoms with van der Waals surface area (Å²) in [6.07, 6.45) is 2.76. The van der Waals surface area contributed by atoms with Crippen LogP contribution in [0.25, 0.3) is 0 Å². The van der Waals surface area contributed by atoms with Crippen molar-refractivity contribution in [1.29, 1.82) is 0 Å². The van der Waals surface area contributed by atoms with Gasteiger partial charge in [0.1, 0.15) is 0 Å². The quantitative estimate of drug-likeness (QED) is 0.0990. The molecular formula is C51H52Si. The second-order valence-corrected chi connectivity index (χ2v) is 19.2. The van der Waals surface area contributed by atoms with E-state index in [1.165, 1.54) is 82.4 Å². The minimum Gasteiger partial charge on any atom is -0.0636 e. The zero-order valence-corrected chi connectivity index (χ0v) is 33.1. The molecule has 0 nitrogen and oxygen atoms in total. The molecule has 7 rings (SSSR count). The molecule has 0 aliphatic heterocycles. The van der Waals surface area contributed by atoms with Crippen molar-refractivity contribution >= 4 is 23.6 Å². The molecule has 6 aromatic carbocycles. The fourth-order valence-electron chi connectivity index (χ4n) is 8.50. The van der Waals surface area contributed by atoms with Crippen molar-refractivity contribution in [3.8, 4) is 0 Å². The van der Waals surface area contributed by atoms with Gasteiger partial charge in [-0.2, -0.15) is 0 Å². The predicted molar refractivity (Wildman–Crippen MR) is 226 cm³/mol. The molecule has 0 saturated carbocycles. The molecule has 6 aromatic rings. The van der Waals surface area contributed by atoms with Gasteiger partial charge in [-0.05, 0) is 121 Å². The molecule has 1 unspecified atom stereocenters. The van der Waals surface area contributed by atoms with Crippen LogP contribution in [0.2, 0.25) is 0 Å². The lowest BCUT2D eigenvalue weighted by atomic mass is 10.0. The molecule has 1 heteroatoms. The van der Waals surface area contributed by atoms with Crippen molar-refractivity contribution in [3.05, 3.63) is 218 Å². The van der Waals surface area contributed by atoms with Crippen molar-refractivity contribution in [2.45, 2.75) is 67.7 Å². The lowest BCUT2D eigenvalue weighted by Crippen LogP contribution is -2.69. The van der Waals surface area contributed by atoms with Crippen LogP contribution in [0.15, 0.2) is 168 Å². The molecule has 0 bridgehead atoms. The van der Waals surface area contributed by atoms with Crippen molar-refractivity contribution in [2.24, 2.45) is 5.92 Å². The molecule has 1 aliphatic rings. The Morgan fingerprint density at radius 2 is 0.712 bits per heavy atom. The summed E-state index contributed by atoms with van der Waals surface area (Å²) >= 11 is 0. The van der Waals surface area contributed by atoms with Gasteiger partial charge in [-0.3, -0.25) is 0 Å². The van der Waals surface area contributed by atoms with Gasteiger partial charge in [0, 0.05) is 0 Å². The van der Waals surface area contributed by atoms with Gasteiger partial charge in [0.25, 0.3) is 0 Å². The maximum atomic E-state index is 2.57. The fourth-order valence-corrected chi connectivity index (χ4v) is 14.3. The van der Waals surface area contributed by atoms with Gasteiger partial charge < -0.3 is 0 Å². The van der Waals surface area contributed by atoms with Crippen molar-refractivity contribution in [3.63, 3.8) is 0 Å². The summed E-state index contributed by atoms with van der Waals surface area (Å²) in [5.74, 6) is 0.355. The topological polar surface area (TPSA) is 0 Å². The van der Waals surface area contributed by atoms with E-state index in [1.807, 2.05) is 0 Å². The SMILES string of the molecule is CC1=C(C)C(C)C([Si](c2cccc(Cc3ccc(C)cc3)c2)(c2cccc(Cc3ccc(C)cc3)c2)c2cccc(Cc3ccc(C)cc3)c2)=C1C. The summed E-state index contributed by atoms with van der Waals surface area (Å²) in [6, 6.07) is 56.2. The van der Waals surface area contributed by atoms with E-state index in [4.69, 9.17) is 0 Å². The monoisotopic (exact) mass is 692 g/mol. The van der Waals surface area contributed by atoms with Crippen LogP contribution in [0, 0.1) is 26.7 Å². The third-order valence-electron chi connectivity index (χ3n) is 11.7. The predicted octanol–water partition coefficient (Wildman–Crippen LogP) is 10.7. The van der Waals surface area contributed by atoms with Crippen molar-refractivity contribution in [2.75, 3.05) is 0 Å². The molecule has 0 N–H and O–H groups in total. The average molecular weight is 693 g/mol. The zero-order valence-electron chi connectivity index (χ0n) is 32.1. The van der Waals surface area contributed by atoms with Gasteiger partial charge in [0.15, 0.2) is 8.07 Å². The molecule has 0 saturated heterocycles. The molecule has 0 heterocycles. The van der Waals surface area contributed by atoms with Gasteiger partial charge in [0.05, 0.1) is 0 Å². The van der Waals surface area contributed by atoms with Crippen molar-refractivity contribution in [1.82, 2.24) is 0 Å². The molecule has 1 atom stereocenters. The molecular weight excluding hydrogens is 641 g/mol. The Bertz CT molecular complexity index is 2040. The van der Waals surface area contributed by atoms with Crippen LogP contribution in [0.1, 0.15) is 77.8 Å². The number of aryl methyl sites for hydroxylation is 3. The number of allylic oxidation sites excluding steroid dienone is 4. The van der Waals surface area contributed by atoms with E-state index in [1.54, 1.807) is 5.20 Å². The number of rotatable bonds is 10. The van der Waals surface area contributed by atoms with E-state index in [2.05, 4.69) is 194 Å². The molecule has 0 aromatic heterocycles.